The highest BCUT2D eigenvalue weighted by Gasteiger charge is 2.28. The summed E-state index contributed by atoms with van der Waals surface area (Å²) in [5.74, 6) is 0.434. The molecular formula is C18H29ClFIN4O. The van der Waals surface area contributed by atoms with Gasteiger partial charge in [-0.3, -0.25) is 9.89 Å². The van der Waals surface area contributed by atoms with E-state index in [0.29, 0.717) is 18.0 Å². The summed E-state index contributed by atoms with van der Waals surface area (Å²) < 4.78 is 18.5. The monoisotopic (exact) mass is 498 g/mol. The number of ether oxygens (including phenoxy) is 1. The zero-order valence-corrected chi connectivity index (χ0v) is 18.7. The van der Waals surface area contributed by atoms with Crippen molar-refractivity contribution < 1.29 is 9.13 Å². The van der Waals surface area contributed by atoms with Crippen molar-refractivity contribution >= 4 is 41.5 Å². The third-order valence-electron chi connectivity index (χ3n) is 4.48. The summed E-state index contributed by atoms with van der Waals surface area (Å²) in [6.45, 7) is 9.36. The quantitative estimate of drug-likeness (QED) is 0.360. The van der Waals surface area contributed by atoms with Crippen molar-refractivity contribution in [2.45, 2.75) is 25.8 Å². The number of hydrogen-bond donors (Lipinski definition) is 2. The molecule has 148 valence electrons. The number of rotatable bonds is 6. The summed E-state index contributed by atoms with van der Waals surface area (Å²) >= 11 is 6.06. The molecule has 26 heavy (non-hydrogen) atoms. The van der Waals surface area contributed by atoms with Crippen molar-refractivity contribution in [1.82, 2.24) is 15.5 Å². The maximum absolute atomic E-state index is 13.1. The molecule has 0 radical (unpaired) electrons. The highest BCUT2D eigenvalue weighted by molar-refractivity contribution is 14.0. The Kier molecular flexibility index (Phi) is 10.1. The van der Waals surface area contributed by atoms with Crippen LogP contribution in [-0.2, 0) is 11.2 Å². The number of nitrogens with one attached hydrogen (secondary N) is 2. The Hall–Kier alpha value is -0.640. The predicted molar refractivity (Wildman–Crippen MR) is 116 cm³/mol. The van der Waals surface area contributed by atoms with E-state index < -0.39 is 0 Å². The first-order valence-corrected chi connectivity index (χ1v) is 9.01. The molecule has 0 aliphatic carbocycles. The number of morpholine rings is 1. The Bertz CT molecular complexity index is 595. The molecule has 8 heteroatoms. The largest absolute Gasteiger partial charge is 0.379 e. The van der Waals surface area contributed by atoms with Gasteiger partial charge in [0, 0.05) is 43.8 Å². The molecule has 0 atom stereocenters. The number of hydrogen-bond acceptors (Lipinski definition) is 3. The normalized spacial score (nSPS) is 16.1. The van der Waals surface area contributed by atoms with Crippen LogP contribution in [0.25, 0.3) is 0 Å². The molecule has 1 fully saturated rings. The van der Waals surface area contributed by atoms with Crippen LogP contribution in [0.1, 0.15) is 19.4 Å². The Balaban J connectivity index is 0.00000338. The Morgan fingerprint density at radius 3 is 2.62 bits per heavy atom. The van der Waals surface area contributed by atoms with Crippen LogP contribution in [0.15, 0.2) is 23.2 Å². The standard InChI is InChI=1S/C18H28ClFN4O.HI/c1-18(2,24-8-10-25-11-9-24)13-23-17(21-3)22-7-6-14-4-5-15(20)12-16(14)19;/h4-5,12H,6-11,13H2,1-3H3,(H2,21,22,23);1H. The fraction of sp³-hybridized carbons (Fsp3) is 0.611. The van der Waals surface area contributed by atoms with Crippen LogP contribution >= 0.6 is 35.6 Å². The van der Waals surface area contributed by atoms with Gasteiger partial charge in [0.05, 0.1) is 13.2 Å². The summed E-state index contributed by atoms with van der Waals surface area (Å²) in [6, 6.07) is 4.49. The molecule has 5 nitrogen and oxygen atoms in total. The lowest BCUT2D eigenvalue weighted by Crippen LogP contribution is -2.56. The van der Waals surface area contributed by atoms with Crippen LogP contribution < -0.4 is 10.6 Å². The second kappa shape index (κ2) is 11.3. The molecular weight excluding hydrogens is 470 g/mol. The third-order valence-corrected chi connectivity index (χ3v) is 4.83. The van der Waals surface area contributed by atoms with E-state index in [1.165, 1.54) is 12.1 Å². The zero-order chi connectivity index (χ0) is 18.3. The van der Waals surface area contributed by atoms with Gasteiger partial charge >= 0.3 is 0 Å². The Morgan fingerprint density at radius 2 is 2.00 bits per heavy atom. The van der Waals surface area contributed by atoms with Gasteiger partial charge in [-0.2, -0.15) is 0 Å². The minimum atomic E-state index is -0.315. The predicted octanol–water partition coefficient (Wildman–Crippen LogP) is 2.92. The number of halogens is 3. The molecule has 2 rings (SSSR count). The minimum absolute atomic E-state index is 0. The van der Waals surface area contributed by atoms with Gasteiger partial charge in [-0.15, -0.1) is 24.0 Å². The average Bonchev–Trinajstić information content (AvgIpc) is 2.60. The van der Waals surface area contributed by atoms with Crippen LogP contribution in [0.2, 0.25) is 5.02 Å². The van der Waals surface area contributed by atoms with Crippen LogP contribution in [0, 0.1) is 5.82 Å². The molecule has 1 aliphatic rings. The lowest BCUT2D eigenvalue weighted by molar-refractivity contribution is -0.00833. The molecule has 1 saturated heterocycles. The van der Waals surface area contributed by atoms with Gasteiger partial charge in [-0.1, -0.05) is 17.7 Å². The Morgan fingerprint density at radius 1 is 1.31 bits per heavy atom. The van der Waals surface area contributed by atoms with E-state index in [-0.39, 0.29) is 35.3 Å². The SMILES string of the molecule is CN=C(NCCc1ccc(F)cc1Cl)NCC(C)(C)N1CCOCC1.I. The first-order valence-electron chi connectivity index (χ1n) is 8.63. The van der Waals surface area contributed by atoms with Gasteiger partial charge in [0.15, 0.2) is 5.96 Å². The third kappa shape index (κ3) is 7.17. The van der Waals surface area contributed by atoms with E-state index in [1.54, 1.807) is 13.1 Å². The van der Waals surface area contributed by atoms with Crippen molar-refractivity contribution in [2.24, 2.45) is 4.99 Å². The fourth-order valence-corrected chi connectivity index (χ4v) is 3.10. The molecule has 1 aliphatic heterocycles. The highest BCUT2D eigenvalue weighted by atomic mass is 127. The summed E-state index contributed by atoms with van der Waals surface area (Å²) in [6.07, 6.45) is 0.701. The summed E-state index contributed by atoms with van der Waals surface area (Å²) in [4.78, 5) is 6.69. The van der Waals surface area contributed by atoms with E-state index >= 15 is 0 Å². The van der Waals surface area contributed by atoms with Crippen molar-refractivity contribution in [3.05, 3.63) is 34.6 Å². The van der Waals surface area contributed by atoms with Gasteiger partial charge in [-0.05, 0) is 38.0 Å². The van der Waals surface area contributed by atoms with Crippen molar-refractivity contribution in [1.29, 1.82) is 0 Å². The topological polar surface area (TPSA) is 48.9 Å². The van der Waals surface area contributed by atoms with E-state index in [2.05, 4.69) is 34.4 Å². The summed E-state index contributed by atoms with van der Waals surface area (Å²) in [7, 11) is 1.75. The van der Waals surface area contributed by atoms with E-state index in [9.17, 15) is 4.39 Å². The molecule has 0 saturated carbocycles. The average molecular weight is 499 g/mol. The second-order valence-corrected chi connectivity index (χ2v) is 7.16. The van der Waals surface area contributed by atoms with E-state index in [1.807, 2.05) is 0 Å². The number of aliphatic imine (C=N–C) groups is 1. The molecule has 2 N–H and O–H groups in total. The number of nitrogens with zero attached hydrogens (tertiary/aromatic N) is 2. The van der Waals surface area contributed by atoms with Crippen LogP contribution in [-0.4, -0.2) is 62.8 Å². The molecule has 0 amide bonds. The first-order chi connectivity index (χ1) is 11.9. The second-order valence-electron chi connectivity index (χ2n) is 6.75. The molecule has 1 heterocycles. The number of benzene rings is 1. The van der Waals surface area contributed by atoms with E-state index in [4.69, 9.17) is 16.3 Å². The van der Waals surface area contributed by atoms with Gasteiger partial charge in [0.1, 0.15) is 5.82 Å². The van der Waals surface area contributed by atoms with Crippen LogP contribution in [0.4, 0.5) is 4.39 Å². The van der Waals surface area contributed by atoms with Crippen molar-refractivity contribution in [2.75, 3.05) is 46.4 Å². The Labute approximate surface area is 177 Å². The highest BCUT2D eigenvalue weighted by Crippen LogP contribution is 2.17. The fourth-order valence-electron chi connectivity index (χ4n) is 2.84. The zero-order valence-electron chi connectivity index (χ0n) is 15.6. The molecule has 0 unspecified atom stereocenters. The number of guanidine groups is 1. The lowest BCUT2D eigenvalue weighted by Gasteiger charge is -2.41. The molecule has 1 aromatic rings. The maximum Gasteiger partial charge on any atom is 0.191 e. The van der Waals surface area contributed by atoms with Crippen LogP contribution in [0.5, 0.6) is 0 Å². The maximum atomic E-state index is 13.1. The van der Waals surface area contributed by atoms with Gasteiger partial charge in [0.25, 0.3) is 0 Å². The van der Waals surface area contributed by atoms with Gasteiger partial charge in [-0.25, -0.2) is 4.39 Å². The first kappa shape index (κ1) is 23.4. The van der Waals surface area contributed by atoms with Crippen molar-refractivity contribution in [3.63, 3.8) is 0 Å². The molecule has 0 aromatic heterocycles. The lowest BCUT2D eigenvalue weighted by atomic mass is 10.0. The minimum Gasteiger partial charge on any atom is -0.379 e. The van der Waals surface area contributed by atoms with E-state index in [0.717, 1.165) is 44.4 Å². The molecule has 1 aromatic carbocycles. The summed E-state index contributed by atoms with van der Waals surface area (Å²) in [5.41, 5.74) is 0.932. The van der Waals surface area contributed by atoms with Crippen molar-refractivity contribution in [3.8, 4) is 0 Å². The van der Waals surface area contributed by atoms with Gasteiger partial charge in [0.2, 0.25) is 0 Å². The van der Waals surface area contributed by atoms with Crippen LogP contribution in [0.3, 0.4) is 0 Å². The van der Waals surface area contributed by atoms with Gasteiger partial charge < -0.3 is 15.4 Å². The molecule has 0 bridgehead atoms. The molecule has 0 spiro atoms. The smallest absolute Gasteiger partial charge is 0.191 e. The summed E-state index contributed by atoms with van der Waals surface area (Å²) in [5, 5.41) is 7.12.